The molecule has 0 atom stereocenters. The molecule has 0 aliphatic heterocycles. The number of rotatable bonds is 20. The quantitative estimate of drug-likeness (QED) is 0.00684. The van der Waals surface area contributed by atoms with E-state index < -0.39 is 83.4 Å². The molecule has 2 amide bonds. The smallest absolute Gasteiger partial charge is 0.457 e. The molecule has 25 heteroatoms. The van der Waals surface area contributed by atoms with Crippen molar-refractivity contribution in [2.24, 2.45) is 9.74 Å². The van der Waals surface area contributed by atoms with Gasteiger partial charge < -0.3 is 55.5 Å². The van der Waals surface area contributed by atoms with Crippen LogP contribution >= 0.6 is 29.6 Å². The maximum absolute atomic E-state index is 12.8. The van der Waals surface area contributed by atoms with E-state index in [9.17, 15) is 47.9 Å². The molecule has 109 heavy (non-hydrogen) atoms. The number of halogens is 1. The number of carbonyl (C=O) groups is 10. The molecule has 0 fully saturated rings. The topological polar surface area (TPSA) is 310 Å². The molecule has 0 unspecified atom stereocenters. The van der Waals surface area contributed by atoms with E-state index in [1.165, 1.54) is 27.7 Å². The number of hydrogen-bond donors (Lipinski definition) is 2. The number of ether oxygens (including phenoxy) is 8. The van der Waals surface area contributed by atoms with Crippen molar-refractivity contribution in [3.05, 3.63) is 278 Å². The number of ketones is 3. The van der Waals surface area contributed by atoms with Crippen molar-refractivity contribution >= 4 is 111 Å². The van der Waals surface area contributed by atoms with Crippen molar-refractivity contribution in [1.29, 1.82) is 0 Å². The van der Waals surface area contributed by atoms with E-state index in [4.69, 9.17) is 48.1 Å². The van der Waals surface area contributed by atoms with Crippen LogP contribution in [-0.4, -0.2) is 110 Å². The van der Waals surface area contributed by atoms with Crippen LogP contribution in [0.15, 0.2) is 252 Å². The number of hydrogen-bond acceptors (Lipinski definition) is 20. The number of Topliss-reactive ketones (excluding diaryl/α,β-unsaturated/α-hetero) is 3. The van der Waals surface area contributed by atoms with Gasteiger partial charge in [0, 0.05) is 56.8 Å². The van der Waals surface area contributed by atoms with Gasteiger partial charge in [0.15, 0.2) is 0 Å². The molecule has 8 aromatic carbocycles. The fourth-order valence-electron chi connectivity index (χ4n) is 7.79. The number of amides is 2. The minimum atomic E-state index is -2.54. The van der Waals surface area contributed by atoms with Crippen molar-refractivity contribution in [3.63, 3.8) is 0 Å². The number of nitrogens with zero attached hydrogens (tertiary/aromatic N) is 2. The normalized spacial score (nSPS) is 10.3. The van der Waals surface area contributed by atoms with Crippen LogP contribution in [0.3, 0.4) is 0 Å². The van der Waals surface area contributed by atoms with E-state index in [-0.39, 0.29) is 65.0 Å². The molecule has 0 bridgehead atoms. The Kier molecular flexibility index (Phi) is 52.4. The van der Waals surface area contributed by atoms with Gasteiger partial charge in [0.05, 0.1) is 7.05 Å². The van der Waals surface area contributed by atoms with Gasteiger partial charge in [0.1, 0.15) is 49.9 Å². The first kappa shape index (κ1) is 101. The Bertz CT molecular complexity index is 3770. The first-order chi connectivity index (χ1) is 50.7. The summed E-state index contributed by atoms with van der Waals surface area (Å²) in [5.41, 5.74) is 3.01. The molecule has 0 radical (unpaired) electrons. The average Bonchev–Trinajstić information content (AvgIpc) is 0.754. The summed E-state index contributed by atoms with van der Waals surface area (Å²) in [5.74, 6) is -8.20. The number of carbonyl (C=O) groups excluding carboxylic acids is 10. The molecule has 8 rings (SSSR count). The number of esters is 5. The Hall–Kier alpha value is -9.83. The van der Waals surface area contributed by atoms with Gasteiger partial charge in [0.25, 0.3) is 5.79 Å². The van der Waals surface area contributed by atoms with Crippen molar-refractivity contribution < 1.29 is 115 Å². The number of alkyl halides is 1. The average molecular weight is 1620 g/mol. The zero-order valence-corrected chi connectivity index (χ0v) is 68.1. The van der Waals surface area contributed by atoms with Gasteiger partial charge in [-0.1, -0.05) is 265 Å². The molecule has 0 saturated carbocycles. The van der Waals surface area contributed by atoms with E-state index >= 15 is 0 Å². The third-order valence-electron chi connectivity index (χ3n) is 12.7. The standard InChI is InChI=1S/C23H24NO2P.C15H19NO4.C10H12O4.3C10H10O3.C4H10O.CH3I.CH3.Li/c1-23(2,3)26-22(25)24-27(19-13-7-4-8-14-19,20-15-9-5-10-16-20)21-17-11-6-12-18-21;1-11(16-14(18)20-15(2,3)4)13(17)19-10-12-8-6-5-7-9-12;1-10(12,13)9(11)14-7-8-5-3-2-4-6-8;3*1-8(11)10(12)13-7-9-5-3-2-4-6-9;1-3-5-4-2;1-2;;/h4-18H,1-3H3;5-9H,10H2,1-4H3;2-6,12-13H,7H2,1H3;3*2-6H,7H2,1H3;3-4H2,1-2H3;1H3;1H3;/q;;;;;;;;-1;+1. The summed E-state index contributed by atoms with van der Waals surface area (Å²) in [7, 11) is -2.54. The van der Waals surface area contributed by atoms with Gasteiger partial charge in [-0.05, 0) is 95.1 Å². The monoisotopic (exact) mass is 1620 g/mol. The maximum Gasteiger partial charge on any atom is 1.00 e. The summed E-state index contributed by atoms with van der Waals surface area (Å²) in [6.45, 7) is 23.0. The van der Waals surface area contributed by atoms with Gasteiger partial charge in [-0.2, -0.15) is 9.74 Å². The Labute approximate surface area is 667 Å². The maximum atomic E-state index is 12.8. The Morgan fingerprint density at radius 2 is 0.578 bits per heavy atom. The van der Waals surface area contributed by atoms with Crippen LogP contribution in [0, 0.1) is 7.43 Å². The minimum Gasteiger partial charge on any atom is -0.457 e. The summed E-state index contributed by atoms with van der Waals surface area (Å²) in [6.07, 6.45) is -1.33. The molecule has 0 heterocycles. The van der Waals surface area contributed by atoms with Crippen molar-refractivity contribution in [1.82, 2.24) is 0 Å². The minimum absolute atomic E-state index is 0. The molecular formula is C84H101ILiN2O20P. The van der Waals surface area contributed by atoms with Crippen LogP contribution in [0.1, 0.15) is 118 Å². The van der Waals surface area contributed by atoms with Gasteiger partial charge >= 0.3 is 60.9 Å². The first-order valence-electron chi connectivity index (χ1n) is 33.5. The predicted octanol–water partition coefficient (Wildman–Crippen LogP) is 12.2. The number of aliphatic imine (C=N–C) groups is 1. The van der Waals surface area contributed by atoms with E-state index in [1.807, 2.05) is 258 Å². The van der Waals surface area contributed by atoms with Crippen LogP contribution in [-0.2, 0) is 109 Å². The second-order valence-electron chi connectivity index (χ2n) is 24.2. The zero-order valence-electron chi connectivity index (χ0n) is 65.0. The second-order valence-corrected chi connectivity index (χ2v) is 27.2. The van der Waals surface area contributed by atoms with Crippen LogP contribution in [0.25, 0.3) is 0 Å². The number of aliphatic hydroxyl groups is 2. The summed E-state index contributed by atoms with van der Waals surface area (Å²) >= 11 is 2.15. The van der Waals surface area contributed by atoms with Gasteiger partial charge in [-0.15, -0.1) is 0 Å². The van der Waals surface area contributed by atoms with Crippen LogP contribution in [0.4, 0.5) is 9.59 Å². The summed E-state index contributed by atoms with van der Waals surface area (Å²) in [5, 5.41) is 20.8. The Morgan fingerprint density at radius 1 is 0.358 bits per heavy atom. The zero-order chi connectivity index (χ0) is 80.3. The van der Waals surface area contributed by atoms with Crippen molar-refractivity contribution in [2.75, 3.05) is 18.1 Å². The van der Waals surface area contributed by atoms with Crippen LogP contribution in [0.2, 0.25) is 0 Å². The van der Waals surface area contributed by atoms with Gasteiger partial charge in [-0.3, -0.25) is 14.4 Å². The van der Waals surface area contributed by atoms with Crippen molar-refractivity contribution in [2.45, 2.75) is 140 Å². The van der Waals surface area contributed by atoms with Gasteiger partial charge in [0.2, 0.25) is 17.3 Å². The van der Waals surface area contributed by atoms with E-state index in [2.05, 4.69) is 32.3 Å². The molecule has 2 N–H and O–H groups in total. The second kappa shape index (κ2) is 56.4. The Balaban J connectivity index is 0. The van der Waals surface area contributed by atoms with E-state index in [0.29, 0.717) is 0 Å². The molecule has 8 aromatic rings. The molecular weight excluding hydrogens is 1520 g/mol. The SMILES string of the molecule is CC(=NC(=O)OC(C)(C)C)C(=O)OCc1ccccc1.CC(=O)C(=O)OCc1ccccc1.CC(=O)C(=O)OCc1ccccc1.CC(=O)C(=O)OCc1ccccc1.CC(C)(C)OC(=O)N=P(c1ccccc1)(c1ccccc1)c1ccccc1.CC(O)(O)C(=O)OCc1ccccc1.CCOCC.CI.[CH3-].[Li+]. The molecule has 0 saturated heterocycles. The molecule has 0 aliphatic carbocycles. The molecule has 0 spiro atoms. The van der Waals surface area contributed by atoms with E-state index in [0.717, 1.165) is 63.9 Å². The van der Waals surface area contributed by atoms with E-state index in [1.54, 1.807) is 45.0 Å². The predicted molar refractivity (Wildman–Crippen MR) is 428 cm³/mol. The molecule has 22 nitrogen and oxygen atoms in total. The third kappa shape index (κ3) is 46.2. The third-order valence-corrected chi connectivity index (χ3v) is 16.3. The van der Waals surface area contributed by atoms with Crippen LogP contribution < -0.4 is 34.8 Å². The Morgan fingerprint density at radius 3 is 0.789 bits per heavy atom. The summed E-state index contributed by atoms with van der Waals surface area (Å²) < 4.78 is 44.0. The fourth-order valence-corrected chi connectivity index (χ4v) is 11.1. The molecule has 0 aromatic heterocycles. The summed E-state index contributed by atoms with van der Waals surface area (Å²) in [4.78, 5) is 116. The van der Waals surface area contributed by atoms with Crippen molar-refractivity contribution in [3.8, 4) is 0 Å². The first-order valence-corrected chi connectivity index (χ1v) is 37.4. The largest absolute Gasteiger partial charge is 1.00 e. The van der Waals surface area contributed by atoms with Gasteiger partial charge in [-0.25, -0.2) is 33.6 Å². The number of benzene rings is 8. The van der Waals surface area contributed by atoms with Crippen LogP contribution in [0.5, 0.6) is 0 Å². The fraction of sp³-hybridized carbons (Fsp3) is 0.286. The molecule has 580 valence electrons. The molecule has 0 aliphatic rings. The summed E-state index contributed by atoms with van der Waals surface area (Å²) in [6, 6.07) is 76.0.